The van der Waals surface area contributed by atoms with E-state index in [0.29, 0.717) is 13.1 Å². The molecule has 3 rings (SSSR count). The molecule has 1 saturated heterocycles. The molecule has 2 heterocycles. The quantitative estimate of drug-likeness (QED) is 0.849. The summed E-state index contributed by atoms with van der Waals surface area (Å²) in [5.41, 5.74) is 1.88. The van der Waals surface area contributed by atoms with Gasteiger partial charge in [-0.25, -0.2) is 4.79 Å². The number of hydrogen-bond donors (Lipinski definition) is 1. The molecule has 0 aliphatic carbocycles. The number of amides is 2. The van der Waals surface area contributed by atoms with Gasteiger partial charge in [0.2, 0.25) is 0 Å². The van der Waals surface area contributed by atoms with E-state index in [-0.39, 0.29) is 6.03 Å². The van der Waals surface area contributed by atoms with Gasteiger partial charge in [0.25, 0.3) is 0 Å². The average molecular weight is 370 g/mol. The first-order chi connectivity index (χ1) is 13.1. The highest BCUT2D eigenvalue weighted by molar-refractivity contribution is 5.87. The first-order valence-corrected chi connectivity index (χ1v) is 9.70. The maximum atomic E-state index is 12.5. The number of likely N-dealkylation sites (tertiary alicyclic amines) is 1. The Labute approximate surface area is 161 Å². The molecule has 1 aromatic carbocycles. The molecule has 2 aromatic rings. The van der Waals surface area contributed by atoms with Gasteiger partial charge in [-0.05, 0) is 49.5 Å². The summed E-state index contributed by atoms with van der Waals surface area (Å²) in [5, 5.41) is 4.05. The molecule has 0 bridgehead atoms. The molecule has 0 radical (unpaired) electrons. The van der Waals surface area contributed by atoms with E-state index >= 15 is 0 Å². The molecule has 6 heteroatoms. The van der Waals surface area contributed by atoms with Crippen LogP contribution in [0.3, 0.4) is 0 Å². The van der Waals surface area contributed by atoms with Crippen molar-refractivity contribution in [2.24, 2.45) is 5.92 Å². The van der Waals surface area contributed by atoms with Gasteiger partial charge in [0.15, 0.2) is 0 Å². The number of fused-ring (bicyclic) bond motifs is 1. The van der Waals surface area contributed by atoms with Gasteiger partial charge in [-0.15, -0.1) is 0 Å². The molecule has 1 N–H and O–H groups in total. The molecular formula is C21H30N4O2. The summed E-state index contributed by atoms with van der Waals surface area (Å²) in [4.78, 5) is 21.0. The van der Waals surface area contributed by atoms with Crippen LogP contribution in [0.5, 0.6) is 5.75 Å². The van der Waals surface area contributed by atoms with E-state index in [1.165, 1.54) is 12.8 Å². The SMILES string of the molecule is COc1ccc(CN(C)C(=O)NCCN2CCC(C)CC2)c2cccnc12. The second kappa shape index (κ2) is 9.04. The number of methoxy groups -OCH3 is 1. The van der Waals surface area contributed by atoms with Crippen molar-refractivity contribution >= 4 is 16.9 Å². The molecule has 2 amide bonds. The van der Waals surface area contributed by atoms with E-state index < -0.39 is 0 Å². The monoisotopic (exact) mass is 370 g/mol. The lowest BCUT2D eigenvalue weighted by atomic mass is 9.99. The Bertz CT molecular complexity index is 772. The van der Waals surface area contributed by atoms with E-state index in [9.17, 15) is 4.79 Å². The number of carbonyl (C=O) groups is 1. The summed E-state index contributed by atoms with van der Waals surface area (Å²) in [6, 6.07) is 7.79. The second-order valence-corrected chi connectivity index (χ2v) is 7.44. The van der Waals surface area contributed by atoms with Gasteiger partial charge in [0.1, 0.15) is 11.3 Å². The van der Waals surface area contributed by atoms with E-state index in [1.807, 2.05) is 31.3 Å². The van der Waals surface area contributed by atoms with Crippen molar-refractivity contribution in [1.29, 1.82) is 0 Å². The summed E-state index contributed by atoms with van der Waals surface area (Å²) in [6.07, 6.45) is 4.27. The molecule has 0 saturated carbocycles. The van der Waals surface area contributed by atoms with Crippen molar-refractivity contribution in [3.63, 3.8) is 0 Å². The molecule has 27 heavy (non-hydrogen) atoms. The van der Waals surface area contributed by atoms with Gasteiger partial charge in [-0.3, -0.25) is 4.98 Å². The number of aromatic nitrogens is 1. The van der Waals surface area contributed by atoms with Crippen LogP contribution < -0.4 is 10.1 Å². The number of piperidine rings is 1. The Morgan fingerprint density at radius 3 is 2.85 bits per heavy atom. The number of rotatable bonds is 6. The van der Waals surface area contributed by atoms with E-state index in [0.717, 1.165) is 47.8 Å². The van der Waals surface area contributed by atoms with Crippen LogP contribution in [0.25, 0.3) is 10.9 Å². The zero-order valence-electron chi connectivity index (χ0n) is 16.6. The van der Waals surface area contributed by atoms with Crippen LogP contribution in [0.1, 0.15) is 25.3 Å². The number of ether oxygens (including phenoxy) is 1. The number of benzene rings is 1. The summed E-state index contributed by atoms with van der Waals surface area (Å²) in [6.45, 7) is 6.71. The normalized spacial score (nSPS) is 15.7. The van der Waals surface area contributed by atoms with Crippen LogP contribution in [0.15, 0.2) is 30.5 Å². The Hall–Kier alpha value is -2.34. The number of nitrogens with one attached hydrogen (secondary N) is 1. The topological polar surface area (TPSA) is 57.7 Å². The van der Waals surface area contributed by atoms with E-state index in [2.05, 4.69) is 22.1 Å². The van der Waals surface area contributed by atoms with Gasteiger partial charge in [-0.1, -0.05) is 19.1 Å². The Morgan fingerprint density at radius 1 is 1.33 bits per heavy atom. The Balaban J connectivity index is 1.55. The number of hydrogen-bond acceptors (Lipinski definition) is 4. The second-order valence-electron chi connectivity index (χ2n) is 7.44. The molecule has 1 aliphatic rings. The predicted octanol–water partition coefficient (Wildman–Crippen LogP) is 3.12. The van der Waals surface area contributed by atoms with Gasteiger partial charge < -0.3 is 19.9 Å². The number of carbonyl (C=O) groups excluding carboxylic acids is 1. The minimum Gasteiger partial charge on any atom is -0.494 e. The molecule has 1 aromatic heterocycles. The van der Waals surface area contributed by atoms with Crippen molar-refractivity contribution in [3.8, 4) is 5.75 Å². The van der Waals surface area contributed by atoms with Crippen LogP contribution in [-0.4, -0.2) is 61.2 Å². The molecular weight excluding hydrogens is 340 g/mol. The third-order valence-electron chi connectivity index (χ3n) is 5.38. The fraction of sp³-hybridized carbons (Fsp3) is 0.524. The van der Waals surface area contributed by atoms with Crippen LogP contribution in [0, 0.1) is 5.92 Å². The van der Waals surface area contributed by atoms with Crippen molar-refractivity contribution in [1.82, 2.24) is 20.1 Å². The Kier molecular flexibility index (Phi) is 6.50. The number of pyridine rings is 1. The van der Waals surface area contributed by atoms with Gasteiger partial charge in [0.05, 0.1) is 7.11 Å². The first-order valence-electron chi connectivity index (χ1n) is 9.70. The van der Waals surface area contributed by atoms with Crippen LogP contribution in [-0.2, 0) is 6.54 Å². The summed E-state index contributed by atoms with van der Waals surface area (Å²) in [7, 11) is 3.47. The van der Waals surface area contributed by atoms with Crippen LogP contribution >= 0.6 is 0 Å². The largest absolute Gasteiger partial charge is 0.494 e. The highest BCUT2D eigenvalue weighted by Gasteiger charge is 2.16. The Morgan fingerprint density at radius 2 is 2.11 bits per heavy atom. The van der Waals surface area contributed by atoms with E-state index in [1.54, 1.807) is 18.2 Å². The molecule has 146 valence electrons. The lowest BCUT2D eigenvalue weighted by Gasteiger charge is -2.30. The van der Waals surface area contributed by atoms with Gasteiger partial charge in [0, 0.05) is 38.3 Å². The highest BCUT2D eigenvalue weighted by atomic mass is 16.5. The maximum Gasteiger partial charge on any atom is 0.317 e. The molecule has 0 spiro atoms. The van der Waals surface area contributed by atoms with Crippen molar-refractivity contribution < 1.29 is 9.53 Å². The van der Waals surface area contributed by atoms with Crippen LogP contribution in [0.2, 0.25) is 0 Å². The number of urea groups is 1. The summed E-state index contributed by atoms with van der Waals surface area (Å²) < 4.78 is 5.39. The highest BCUT2D eigenvalue weighted by Crippen LogP contribution is 2.27. The lowest BCUT2D eigenvalue weighted by molar-refractivity contribution is 0.184. The van der Waals surface area contributed by atoms with Crippen LogP contribution in [0.4, 0.5) is 4.79 Å². The summed E-state index contributed by atoms with van der Waals surface area (Å²) in [5.74, 6) is 1.58. The fourth-order valence-corrected chi connectivity index (χ4v) is 3.58. The number of nitrogens with zero attached hydrogens (tertiary/aromatic N) is 3. The third-order valence-corrected chi connectivity index (χ3v) is 5.38. The smallest absolute Gasteiger partial charge is 0.317 e. The molecule has 1 aliphatic heterocycles. The minimum absolute atomic E-state index is 0.0479. The van der Waals surface area contributed by atoms with Crippen molar-refractivity contribution in [2.45, 2.75) is 26.3 Å². The average Bonchev–Trinajstić information content (AvgIpc) is 2.69. The zero-order chi connectivity index (χ0) is 19.2. The molecule has 1 fully saturated rings. The third kappa shape index (κ3) is 4.89. The molecule has 0 unspecified atom stereocenters. The van der Waals surface area contributed by atoms with Crippen molar-refractivity contribution in [3.05, 3.63) is 36.0 Å². The fourth-order valence-electron chi connectivity index (χ4n) is 3.58. The standard InChI is InChI=1S/C21H30N4O2/c1-16-8-12-25(13-9-16)14-11-23-21(26)24(2)15-17-6-7-19(27-3)20-18(17)5-4-10-22-20/h4-7,10,16H,8-9,11-15H2,1-3H3,(H,23,26). The zero-order valence-corrected chi connectivity index (χ0v) is 16.6. The van der Waals surface area contributed by atoms with E-state index in [4.69, 9.17) is 4.74 Å². The molecule has 0 atom stereocenters. The summed E-state index contributed by atoms with van der Waals surface area (Å²) >= 11 is 0. The predicted molar refractivity (Wildman–Crippen MR) is 108 cm³/mol. The van der Waals surface area contributed by atoms with Gasteiger partial charge in [-0.2, -0.15) is 0 Å². The maximum absolute atomic E-state index is 12.5. The lowest BCUT2D eigenvalue weighted by Crippen LogP contribution is -2.42. The van der Waals surface area contributed by atoms with Crippen molar-refractivity contribution in [2.75, 3.05) is 40.3 Å². The van der Waals surface area contributed by atoms with Gasteiger partial charge >= 0.3 is 6.03 Å². The first kappa shape index (κ1) is 19.4. The minimum atomic E-state index is -0.0479. The molecule has 6 nitrogen and oxygen atoms in total.